The second-order valence-corrected chi connectivity index (χ2v) is 21.9. The van der Waals surface area contributed by atoms with E-state index in [0.717, 1.165) is 0 Å². The number of hydrogen-bond donors (Lipinski definition) is 0. The zero-order valence-corrected chi connectivity index (χ0v) is 12.0. The third-order valence-corrected chi connectivity index (χ3v) is 13.6. The monoisotopic (exact) mass is 302 g/mol. The standard InChI is InChI=1S/C8H11.3ClH.Zr/c1-6-4-7(2)8(3)5-6;;;;/h4-5H,1-3H3;3*1H;/q;;;;+3/p-3. The van der Waals surface area contributed by atoms with E-state index < -0.39 is 16.7 Å². The van der Waals surface area contributed by atoms with Gasteiger partial charge in [-0.2, -0.15) is 0 Å². The summed E-state index contributed by atoms with van der Waals surface area (Å²) in [5, 5.41) is 0. The Morgan fingerprint density at radius 2 is 1.75 bits per heavy atom. The van der Waals surface area contributed by atoms with E-state index >= 15 is 0 Å². The molecule has 0 N–H and O–H groups in total. The first-order valence-electron chi connectivity index (χ1n) is 3.72. The van der Waals surface area contributed by atoms with Gasteiger partial charge in [-0.15, -0.1) is 0 Å². The molecule has 1 aliphatic rings. The zero-order chi connectivity index (χ0) is 9.57. The maximum atomic E-state index is 6.10. The van der Waals surface area contributed by atoms with Crippen LogP contribution >= 0.6 is 25.5 Å². The molecule has 1 aliphatic carbocycles. The Labute approximate surface area is 88.6 Å². The fourth-order valence-corrected chi connectivity index (χ4v) is 7.26. The van der Waals surface area contributed by atoms with Crippen molar-refractivity contribution in [3.63, 3.8) is 0 Å². The van der Waals surface area contributed by atoms with Gasteiger partial charge in [0.1, 0.15) is 0 Å². The quantitative estimate of drug-likeness (QED) is 0.659. The average molecular weight is 305 g/mol. The van der Waals surface area contributed by atoms with Crippen LogP contribution in [0.2, 0.25) is 3.12 Å². The molecule has 0 aromatic carbocycles. The van der Waals surface area contributed by atoms with Crippen LogP contribution in [0.25, 0.3) is 0 Å². The molecule has 0 amide bonds. The van der Waals surface area contributed by atoms with Crippen molar-refractivity contribution in [2.75, 3.05) is 0 Å². The summed E-state index contributed by atoms with van der Waals surface area (Å²) in [6, 6.07) is 0. The van der Waals surface area contributed by atoms with Crippen molar-refractivity contribution in [3.05, 3.63) is 23.3 Å². The van der Waals surface area contributed by atoms with Gasteiger partial charge in [-0.3, -0.25) is 0 Å². The normalized spacial score (nSPS) is 30.2. The first-order valence-corrected chi connectivity index (χ1v) is 14.4. The van der Waals surface area contributed by atoms with E-state index in [1.165, 1.54) is 11.1 Å². The first kappa shape index (κ1) is 11.3. The fourth-order valence-electron chi connectivity index (χ4n) is 1.41. The summed E-state index contributed by atoms with van der Waals surface area (Å²) >= 11 is -3.41. The molecule has 12 heavy (non-hydrogen) atoms. The maximum absolute atomic E-state index is 6.10. The van der Waals surface area contributed by atoms with Crippen molar-refractivity contribution in [2.45, 2.75) is 23.9 Å². The second-order valence-electron chi connectivity index (χ2n) is 3.42. The van der Waals surface area contributed by atoms with Crippen molar-refractivity contribution >= 4 is 25.5 Å². The molecule has 0 spiro atoms. The molecule has 0 aromatic rings. The third-order valence-electron chi connectivity index (χ3n) is 2.37. The number of halogens is 3. The van der Waals surface area contributed by atoms with E-state index in [-0.39, 0.29) is 3.12 Å². The fraction of sp³-hybridized carbons (Fsp3) is 0.500. The van der Waals surface area contributed by atoms with Crippen LogP contribution in [-0.4, -0.2) is 0 Å². The number of allylic oxidation sites excluding steroid dienone is 4. The molecule has 4 heteroatoms. The summed E-state index contributed by atoms with van der Waals surface area (Å²) < 4.78 is -0.233. The predicted molar refractivity (Wildman–Crippen MR) is 53.4 cm³/mol. The van der Waals surface area contributed by atoms with Crippen LogP contribution in [0.15, 0.2) is 23.3 Å². The Balaban J connectivity index is 3.11. The Morgan fingerprint density at radius 1 is 1.25 bits per heavy atom. The van der Waals surface area contributed by atoms with Gasteiger partial charge in [0.2, 0.25) is 0 Å². The van der Waals surface area contributed by atoms with E-state index in [9.17, 15) is 0 Å². The van der Waals surface area contributed by atoms with Gasteiger partial charge < -0.3 is 0 Å². The Morgan fingerprint density at radius 3 is 1.92 bits per heavy atom. The van der Waals surface area contributed by atoms with Crippen LogP contribution < -0.4 is 0 Å². The van der Waals surface area contributed by atoms with Crippen LogP contribution in [0, 0.1) is 0 Å². The van der Waals surface area contributed by atoms with E-state index in [1.54, 1.807) is 0 Å². The molecule has 0 nitrogen and oxygen atoms in total. The van der Waals surface area contributed by atoms with Gasteiger partial charge in [-0.05, 0) is 0 Å². The molecule has 0 aromatic heterocycles. The third kappa shape index (κ3) is 1.85. The Bertz CT molecular complexity index is 262. The SMILES string of the molecule is CC1=C[C](C)([Zr]([Cl])([Cl])[Cl])C(C)=C1. The van der Waals surface area contributed by atoms with E-state index in [2.05, 4.69) is 12.2 Å². The number of hydrogen-bond acceptors (Lipinski definition) is 0. The van der Waals surface area contributed by atoms with E-state index in [0.29, 0.717) is 0 Å². The van der Waals surface area contributed by atoms with E-state index in [4.69, 9.17) is 25.5 Å². The van der Waals surface area contributed by atoms with Crippen LogP contribution in [0.5, 0.6) is 0 Å². The Hall–Kier alpha value is 1.23. The van der Waals surface area contributed by atoms with Crippen molar-refractivity contribution < 1.29 is 16.7 Å². The van der Waals surface area contributed by atoms with Gasteiger partial charge in [-0.1, -0.05) is 0 Å². The summed E-state index contributed by atoms with van der Waals surface area (Å²) in [5.41, 5.74) is 2.40. The topological polar surface area (TPSA) is 0 Å². The van der Waals surface area contributed by atoms with Crippen molar-refractivity contribution in [1.82, 2.24) is 0 Å². The molecule has 0 heterocycles. The summed E-state index contributed by atoms with van der Waals surface area (Å²) in [6.45, 7) is 6.10. The van der Waals surface area contributed by atoms with Crippen LogP contribution in [-0.2, 0) is 16.7 Å². The first-order chi connectivity index (χ1) is 5.27. The minimum absolute atomic E-state index is 0.233. The van der Waals surface area contributed by atoms with Crippen molar-refractivity contribution in [3.8, 4) is 0 Å². The van der Waals surface area contributed by atoms with Gasteiger partial charge in [-0.25, -0.2) is 0 Å². The molecular formula is C8H11Cl3Zr. The van der Waals surface area contributed by atoms with E-state index in [1.807, 2.05) is 20.8 Å². The van der Waals surface area contributed by atoms with Crippen LogP contribution in [0.1, 0.15) is 20.8 Å². The molecule has 0 bridgehead atoms. The molecular weight excluding hydrogens is 294 g/mol. The molecule has 0 aliphatic heterocycles. The predicted octanol–water partition coefficient (Wildman–Crippen LogP) is 4.69. The molecule has 0 fully saturated rings. The molecule has 1 unspecified atom stereocenters. The molecule has 1 rings (SSSR count). The van der Waals surface area contributed by atoms with Crippen LogP contribution in [0.3, 0.4) is 0 Å². The summed E-state index contributed by atoms with van der Waals surface area (Å²) in [5.74, 6) is 0. The van der Waals surface area contributed by atoms with Gasteiger partial charge >= 0.3 is 89.4 Å². The Kier molecular flexibility index (Phi) is 3.23. The zero-order valence-electron chi connectivity index (χ0n) is 7.29. The van der Waals surface area contributed by atoms with Crippen molar-refractivity contribution in [1.29, 1.82) is 0 Å². The summed E-state index contributed by atoms with van der Waals surface area (Å²) in [4.78, 5) is 0. The van der Waals surface area contributed by atoms with Gasteiger partial charge in [0.05, 0.1) is 0 Å². The second kappa shape index (κ2) is 3.42. The molecule has 0 saturated carbocycles. The van der Waals surface area contributed by atoms with Gasteiger partial charge in [0, 0.05) is 0 Å². The number of rotatable bonds is 1. The van der Waals surface area contributed by atoms with Gasteiger partial charge in [0.15, 0.2) is 0 Å². The van der Waals surface area contributed by atoms with Crippen LogP contribution in [0.4, 0.5) is 0 Å². The summed E-state index contributed by atoms with van der Waals surface area (Å²) in [7, 11) is 18.3. The molecule has 68 valence electrons. The van der Waals surface area contributed by atoms with Crippen molar-refractivity contribution in [2.24, 2.45) is 0 Å². The molecule has 0 saturated heterocycles. The molecule has 1 atom stereocenters. The summed E-state index contributed by atoms with van der Waals surface area (Å²) in [6.07, 6.45) is 4.18. The van der Waals surface area contributed by atoms with Gasteiger partial charge in [0.25, 0.3) is 0 Å². The minimum atomic E-state index is -3.41. The average Bonchev–Trinajstić information content (AvgIpc) is 2.06. The molecule has 0 radical (unpaired) electrons.